The fourth-order valence-electron chi connectivity index (χ4n) is 4.35. The van der Waals surface area contributed by atoms with Crippen LogP contribution in [-0.2, 0) is 14.8 Å². The second-order valence-electron chi connectivity index (χ2n) is 8.63. The molecular weight excluding hydrogens is 450 g/mol. The van der Waals surface area contributed by atoms with Crippen LogP contribution in [0.4, 0.5) is 0 Å². The largest absolute Gasteiger partial charge is 0.496 e. The van der Waals surface area contributed by atoms with Crippen LogP contribution in [0.3, 0.4) is 0 Å². The number of benzene rings is 3. The first-order chi connectivity index (χ1) is 16.3. The highest BCUT2D eigenvalue weighted by atomic mass is 32.2. The van der Waals surface area contributed by atoms with E-state index in [-0.39, 0.29) is 36.5 Å². The Bertz CT molecular complexity index is 1270. The Balaban J connectivity index is 1.37. The van der Waals surface area contributed by atoms with E-state index in [1.165, 1.54) is 4.31 Å². The average molecular weight is 482 g/mol. The second-order valence-corrected chi connectivity index (χ2v) is 10.6. The predicted molar refractivity (Wildman–Crippen MR) is 133 cm³/mol. The van der Waals surface area contributed by atoms with Gasteiger partial charge in [0.1, 0.15) is 5.75 Å². The van der Waals surface area contributed by atoms with Gasteiger partial charge in [0.15, 0.2) is 0 Å². The third-order valence-electron chi connectivity index (χ3n) is 6.58. The van der Waals surface area contributed by atoms with E-state index in [1.807, 2.05) is 73.5 Å². The number of methoxy groups -OCH3 is 1. The summed E-state index contributed by atoms with van der Waals surface area (Å²) >= 11 is 0. The van der Waals surface area contributed by atoms with E-state index in [9.17, 15) is 13.2 Å². The van der Waals surface area contributed by atoms with Crippen molar-refractivity contribution in [1.29, 1.82) is 0 Å². The van der Waals surface area contributed by atoms with Gasteiger partial charge in [-0.15, -0.1) is 0 Å². The van der Waals surface area contributed by atoms with Gasteiger partial charge in [-0.25, -0.2) is 8.42 Å². The van der Waals surface area contributed by atoms with Gasteiger partial charge in [-0.3, -0.25) is 9.69 Å². The second kappa shape index (κ2) is 10.1. The molecule has 1 aliphatic heterocycles. The van der Waals surface area contributed by atoms with Gasteiger partial charge in [-0.2, -0.15) is 4.31 Å². The number of nitrogens with zero attached hydrogens (tertiary/aromatic N) is 3. The number of carbonyl (C=O) groups is 1. The maximum absolute atomic E-state index is 13.2. The molecule has 1 unspecified atom stereocenters. The van der Waals surface area contributed by atoms with Crippen molar-refractivity contribution in [2.75, 3.05) is 46.9 Å². The van der Waals surface area contributed by atoms with Crippen LogP contribution in [0, 0.1) is 0 Å². The van der Waals surface area contributed by atoms with Crippen LogP contribution >= 0.6 is 0 Å². The molecule has 34 heavy (non-hydrogen) atoms. The zero-order valence-corrected chi connectivity index (χ0v) is 20.7. The number of sulfonamides is 1. The summed E-state index contributed by atoms with van der Waals surface area (Å²) in [4.78, 5) is 17.0. The summed E-state index contributed by atoms with van der Waals surface area (Å²) in [6, 6.07) is 20.7. The van der Waals surface area contributed by atoms with Crippen molar-refractivity contribution < 1.29 is 17.9 Å². The van der Waals surface area contributed by atoms with Crippen molar-refractivity contribution in [2.45, 2.75) is 17.9 Å². The van der Waals surface area contributed by atoms with Crippen LogP contribution in [-0.4, -0.2) is 75.3 Å². The minimum Gasteiger partial charge on any atom is -0.496 e. The molecule has 4 rings (SSSR count). The molecule has 0 aliphatic carbocycles. The van der Waals surface area contributed by atoms with Gasteiger partial charge in [-0.05, 0) is 42.9 Å². The van der Waals surface area contributed by atoms with Gasteiger partial charge in [-0.1, -0.05) is 48.5 Å². The summed E-state index contributed by atoms with van der Waals surface area (Å²) in [5, 5.41) is 1.90. The minimum absolute atomic E-state index is 0.00493. The number of amides is 1. The monoisotopic (exact) mass is 481 g/mol. The first kappa shape index (κ1) is 24.2. The van der Waals surface area contributed by atoms with E-state index in [0.717, 1.165) is 22.1 Å². The molecule has 1 saturated heterocycles. The lowest BCUT2D eigenvalue weighted by Gasteiger charge is -2.35. The smallest absolute Gasteiger partial charge is 0.243 e. The highest BCUT2D eigenvalue weighted by molar-refractivity contribution is 7.89. The van der Waals surface area contributed by atoms with Gasteiger partial charge < -0.3 is 9.64 Å². The minimum atomic E-state index is -3.61. The van der Waals surface area contributed by atoms with E-state index in [4.69, 9.17) is 4.74 Å². The summed E-state index contributed by atoms with van der Waals surface area (Å²) in [5.74, 6) is 0.786. The molecule has 0 N–H and O–H groups in total. The maximum atomic E-state index is 13.2. The first-order valence-corrected chi connectivity index (χ1v) is 12.8. The Labute approximate surface area is 201 Å². The van der Waals surface area contributed by atoms with Crippen molar-refractivity contribution in [1.82, 2.24) is 14.1 Å². The van der Waals surface area contributed by atoms with Gasteiger partial charge >= 0.3 is 0 Å². The van der Waals surface area contributed by atoms with Crippen LogP contribution in [0.2, 0.25) is 0 Å². The van der Waals surface area contributed by atoms with Gasteiger partial charge in [0.05, 0.1) is 18.6 Å². The van der Waals surface area contributed by atoms with Crippen LogP contribution < -0.4 is 4.74 Å². The molecule has 7 nitrogen and oxygen atoms in total. The lowest BCUT2D eigenvalue weighted by molar-refractivity contribution is -0.133. The molecule has 3 aromatic carbocycles. The van der Waals surface area contributed by atoms with E-state index >= 15 is 0 Å². The number of fused-ring (bicyclic) bond motifs is 1. The predicted octanol–water partition coefficient (Wildman–Crippen LogP) is 3.37. The van der Waals surface area contributed by atoms with Crippen LogP contribution in [0.5, 0.6) is 5.75 Å². The number of hydrogen-bond donors (Lipinski definition) is 0. The fraction of sp³-hybridized carbons (Fsp3) is 0.346. The Morgan fingerprint density at radius 3 is 2.32 bits per heavy atom. The Kier molecular flexibility index (Phi) is 7.21. The third kappa shape index (κ3) is 4.94. The van der Waals surface area contributed by atoms with Crippen molar-refractivity contribution in [3.05, 3.63) is 72.3 Å². The number of ether oxygens (including phenoxy) is 1. The quantitative estimate of drug-likeness (QED) is 0.518. The van der Waals surface area contributed by atoms with Gasteiger partial charge in [0, 0.05) is 37.8 Å². The van der Waals surface area contributed by atoms with Crippen LogP contribution in [0.15, 0.2) is 71.6 Å². The lowest BCUT2D eigenvalue weighted by atomic mass is 10.1. The van der Waals surface area contributed by atoms with Crippen molar-refractivity contribution >= 4 is 26.7 Å². The normalized spacial score (nSPS) is 16.1. The molecule has 0 bridgehead atoms. The number of rotatable bonds is 7. The summed E-state index contributed by atoms with van der Waals surface area (Å²) in [6.45, 7) is 3.61. The van der Waals surface area contributed by atoms with E-state index in [0.29, 0.717) is 13.1 Å². The van der Waals surface area contributed by atoms with Crippen molar-refractivity contribution in [2.24, 2.45) is 0 Å². The summed E-state index contributed by atoms with van der Waals surface area (Å²) in [7, 11) is -0.0586. The molecule has 3 aromatic rings. The molecule has 1 atom stereocenters. The third-order valence-corrected chi connectivity index (χ3v) is 8.48. The van der Waals surface area contributed by atoms with E-state index < -0.39 is 10.0 Å². The molecule has 1 fully saturated rings. The average Bonchev–Trinajstić information content (AvgIpc) is 2.87. The zero-order chi connectivity index (χ0) is 24.3. The number of likely N-dealkylation sites (N-methyl/N-ethyl adjacent to an activating group) is 1. The van der Waals surface area contributed by atoms with Crippen molar-refractivity contribution in [3.63, 3.8) is 0 Å². The molecule has 0 radical (unpaired) electrons. The van der Waals surface area contributed by atoms with Crippen LogP contribution in [0.25, 0.3) is 10.8 Å². The topological polar surface area (TPSA) is 70.2 Å². The molecule has 1 heterocycles. The lowest BCUT2D eigenvalue weighted by Crippen LogP contribution is -2.52. The molecule has 8 heteroatoms. The molecule has 0 saturated carbocycles. The molecule has 0 aromatic heterocycles. The number of hydrogen-bond acceptors (Lipinski definition) is 5. The SMILES string of the molecule is COc1ccccc1C(C)N(C)CC(=O)N1CCN(S(=O)(=O)c2ccc3ccccc3c2)CC1. The molecular formula is C26H31N3O4S. The molecule has 0 spiro atoms. The van der Waals surface area contributed by atoms with Gasteiger partial charge in [0.25, 0.3) is 0 Å². The highest BCUT2D eigenvalue weighted by Crippen LogP contribution is 2.28. The Hall–Kier alpha value is -2.94. The Morgan fingerprint density at radius 1 is 0.971 bits per heavy atom. The number of carbonyl (C=O) groups excluding carboxylic acids is 1. The first-order valence-electron chi connectivity index (χ1n) is 11.4. The molecule has 1 amide bonds. The summed E-state index contributed by atoms with van der Waals surface area (Å²) in [6.07, 6.45) is 0. The Morgan fingerprint density at radius 2 is 1.62 bits per heavy atom. The van der Waals surface area contributed by atoms with E-state index in [1.54, 1.807) is 24.1 Å². The van der Waals surface area contributed by atoms with Crippen LogP contribution in [0.1, 0.15) is 18.5 Å². The number of para-hydroxylation sites is 1. The molecule has 1 aliphatic rings. The standard InChI is InChI=1S/C26H31N3O4S/c1-20(24-10-6-7-11-25(24)33-3)27(2)19-26(30)28-14-16-29(17-15-28)34(31,32)23-13-12-21-8-4-5-9-22(21)18-23/h4-13,18,20H,14-17,19H2,1-3H3. The fourth-order valence-corrected chi connectivity index (χ4v) is 5.81. The summed E-state index contributed by atoms with van der Waals surface area (Å²) < 4.78 is 33.3. The van der Waals surface area contributed by atoms with E-state index in [2.05, 4.69) is 0 Å². The molecule has 180 valence electrons. The number of piperazine rings is 1. The summed E-state index contributed by atoms with van der Waals surface area (Å²) in [5.41, 5.74) is 1.02. The van der Waals surface area contributed by atoms with Crippen molar-refractivity contribution in [3.8, 4) is 5.75 Å². The highest BCUT2D eigenvalue weighted by Gasteiger charge is 2.31. The van der Waals surface area contributed by atoms with Gasteiger partial charge in [0.2, 0.25) is 15.9 Å². The maximum Gasteiger partial charge on any atom is 0.243 e. The zero-order valence-electron chi connectivity index (χ0n) is 19.8.